The molecule has 0 saturated heterocycles. The van der Waals surface area contributed by atoms with Gasteiger partial charge in [-0.15, -0.1) is 0 Å². The van der Waals surface area contributed by atoms with E-state index in [0.717, 1.165) is 36.2 Å². The Kier molecular flexibility index (Phi) is 9.14. The number of alkyl halides is 4. The average Bonchev–Trinajstić information content (AvgIpc) is 2.92. The van der Waals surface area contributed by atoms with Crippen LogP contribution in [0.1, 0.15) is 61.4 Å². The van der Waals surface area contributed by atoms with Crippen LogP contribution in [0.15, 0.2) is 101 Å². The van der Waals surface area contributed by atoms with Gasteiger partial charge in [0, 0.05) is 38.8 Å². The van der Waals surface area contributed by atoms with Crippen molar-refractivity contribution in [2.75, 3.05) is 20.1 Å². The van der Waals surface area contributed by atoms with E-state index in [9.17, 15) is 17.6 Å². The molecule has 0 spiro atoms. The van der Waals surface area contributed by atoms with Gasteiger partial charge in [0.1, 0.15) is 5.67 Å². The summed E-state index contributed by atoms with van der Waals surface area (Å²) >= 11 is 0. The van der Waals surface area contributed by atoms with Crippen LogP contribution in [-0.4, -0.2) is 36.3 Å². The van der Waals surface area contributed by atoms with E-state index < -0.39 is 17.4 Å². The lowest BCUT2D eigenvalue weighted by atomic mass is 9.92. The predicted molar refractivity (Wildman–Crippen MR) is 155 cm³/mol. The topological polar surface area (TPSA) is 18.8 Å². The molecule has 212 valence electrons. The number of halogens is 4. The number of benzene rings is 2. The summed E-state index contributed by atoms with van der Waals surface area (Å²) in [4.78, 5) is 9.03. The van der Waals surface area contributed by atoms with E-state index in [-0.39, 0.29) is 18.2 Å². The Balaban J connectivity index is 1.53. The number of hydrogen-bond acceptors (Lipinski definition) is 2. The highest BCUT2D eigenvalue weighted by Crippen LogP contribution is 2.36. The third kappa shape index (κ3) is 7.39. The number of hydrogen-bond donors (Lipinski definition) is 0. The number of allylic oxidation sites excluding steroid dienone is 3. The van der Waals surface area contributed by atoms with Gasteiger partial charge in [-0.25, -0.2) is 9.38 Å². The zero-order valence-electron chi connectivity index (χ0n) is 23.4. The van der Waals surface area contributed by atoms with Crippen LogP contribution in [0.4, 0.5) is 17.6 Å². The van der Waals surface area contributed by atoms with Crippen LogP contribution in [0.25, 0.3) is 0 Å². The fourth-order valence-corrected chi connectivity index (χ4v) is 5.27. The van der Waals surface area contributed by atoms with Gasteiger partial charge in [0.25, 0.3) is 0 Å². The highest BCUT2D eigenvalue weighted by Gasteiger charge is 2.33. The molecule has 2 aliphatic rings. The van der Waals surface area contributed by atoms with Gasteiger partial charge < -0.3 is 4.90 Å². The Morgan fingerprint density at radius 1 is 1.05 bits per heavy atom. The standard InChI is InChI=1S/C33H37F4N3/c1-5-25-22-40(21-24-18-28(32(2,3)34)20-29(19-24)33(35,36)37)17-16-30(25)38-23-39(4)31(26-12-8-6-9-13-26)27-14-10-7-11-15-27/h5-10,12-14,18-20,23,31H,1,11,15-17,21-22H2,2-4H3. The molecular formula is C33H37F4N3. The summed E-state index contributed by atoms with van der Waals surface area (Å²) < 4.78 is 55.2. The Hall–Kier alpha value is -3.45. The largest absolute Gasteiger partial charge is 0.416 e. The monoisotopic (exact) mass is 551 g/mol. The molecule has 0 fully saturated rings. The van der Waals surface area contributed by atoms with Crippen LogP contribution < -0.4 is 0 Å². The van der Waals surface area contributed by atoms with E-state index in [1.807, 2.05) is 31.6 Å². The molecule has 1 aliphatic heterocycles. The Bertz CT molecular complexity index is 1280. The fraction of sp³-hybridized carbons (Fsp3) is 0.364. The third-order valence-corrected chi connectivity index (χ3v) is 7.40. The van der Waals surface area contributed by atoms with Crippen molar-refractivity contribution in [2.24, 2.45) is 4.99 Å². The van der Waals surface area contributed by atoms with Crippen molar-refractivity contribution in [2.45, 2.75) is 57.5 Å². The summed E-state index contributed by atoms with van der Waals surface area (Å²) in [5.74, 6) is 0. The number of nitrogens with zero attached hydrogens (tertiary/aromatic N) is 3. The first-order valence-electron chi connectivity index (χ1n) is 13.6. The van der Waals surface area contributed by atoms with Gasteiger partial charge in [0.2, 0.25) is 0 Å². The lowest BCUT2D eigenvalue weighted by Crippen LogP contribution is -2.31. The van der Waals surface area contributed by atoms with Crippen LogP contribution in [0, 0.1) is 0 Å². The molecule has 1 heterocycles. The Labute approximate surface area is 234 Å². The van der Waals surface area contributed by atoms with Crippen molar-refractivity contribution < 1.29 is 17.6 Å². The molecule has 0 radical (unpaired) electrons. The first kappa shape index (κ1) is 29.5. The Morgan fingerprint density at radius 2 is 1.77 bits per heavy atom. The number of rotatable bonds is 9. The third-order valence-electron chi connectivity index (χ3n) is 7.40. The minimum absolute atomic E-state index is 0.0266. The first-order valence-corrected chi connectivity index (χ1v) is 13.6. The van der Waals surface area contributed by atoms with Crippen LogP contribution in [0.3, 0.4) is 0 Å². The maximum atomic E-state index is 14.6. The molecule has 0 amide bonds. The van der Waals surface area contributed by atoms with E-state index in [1.54, 1.807) is 6.08 Å². The second kappa shape index (κ2) is 12.4. The van der Waals surface area contributed by atoms with Crippen molar-refractivity contribution in [1.29, 1.82) is 0 Å². The Morgan fingerprint density at radius 3 is 2.40 bits per heavy atom. The van der Waals surface area contributed by atoms with Gasteiger partial charge in [0.15, 0.2) is 0 Å². The molecule has 7 heteroatoms. The predicted octanol–water partition coefficient (Wildman–Crippen LogP) is 8.53. The summed E-state index contributed by atoms with van der Waals surface area (Å²) in [6.45, 7) is 7.92. The van der Waals surface area contributed by atoms with Crippen molar-refractivity contribution in [3.05, 3.63) is 119 Å². The normalized spacial score (nSPS) is 17.7. The molecule has 1 atom stereocenters. The molecule has 2 aromatic carbocycles. The van der Waals surface area contributed by atoms with E-state index in [0.29, 0.717) is 25.1 Å². The second-order valence-corrected chi connectivity index (χ2v) is 11.0. The molecular weight excluding hydrogens is 514 g/mol. The van der Waals surface area contributed by atoms with Crippen LogP contribution in [-0.2, 0) is 18.4 Å². The minimum atomic E-state index is -4.54. The molecule has 1 aliphatic carbocycles. The highest BCUT2D eigenvalue weighted by molar-refractivity contribution is 5.59. The quantitative estimate of drug-likeness (QED) is 0.177. The van der Waals surface area contributed by atoms with E-state index in [4.69, 9.17) is 4.99 Å². The summed E-state index contributed by atoms with van der Waals surface area (Å²) in [7, 11) is 2.03. The van der Waals surface area contributed by atoms with Gasteiger partial charge in [0.05, 0.1) is 17.9 Å². The van der Waals surface area contributed by atoms with E-state index in [1.165, 1.54) is 31.1 Å². The number of aliphatic imine (C=N–C) groups is 1. The summed E-state index contributed by atoms with van der Waals surface area (Å²) in [6, 6.07) is 14.0. The molecule has 1 unspecified atom stereocenters. The highest BCUT2D eigenvalue weighted by atomic mass is 19.4. The summed E-state index contributed by atoms with van der Waals surface area (Å²) in [5, 5.41) is 0. The minimum Gasteiger partial charge on any atom is -0.355 e. The van der Waals surface area contributed by atoms with Crippen molar-refractivity contribution in [3.8, 4) is 0 Å². The zero-order valence-corrected chi connectivity index (χ0v) is 23.4. The lowest BCUT2D eigenvalue weighted by molar-refractivity contribution is -0.137. The van der Waals surface area contributed by atoms with Crippen LogP contribution in [0.5, 0.6) is 0 Å². The molecule has 4 rings (SSSR count). The molecule has 0 N–H and O–H groups in total. The zero-order chi connectivity index (χ0) is 28.9. The van der Waals surface area contributed by atoms with Crippen molar-refractivity contribution in [3.63, 3.8) is 0 Å². The van der Waals surface area contributed by atoms with Crippen LogP contribution in [0.2, 0.25) is 0 Å². The van der Waals surface area contributed by atoms with Crippen molar-refractivity contribution >= 4 is 6.34 Å². The average molecular weight is 552 g/mol. The molecule has 40 heavy (non-hydrogen) atoms. The molecule has 3 nitrogen and oxygen atoms in total. The van der Waals surface area contributed by atoms with Gasteiger partial charge in [-0.1, -0.05) is 67.3 Å². The van der Waals surface area contributed by atoms with Gasteiger partial charge >= 0.3 is 6.18 Å². The first-order chi connectivity index (χ1) is 19.0. The molecule has 0 aromatic heterocycles. The summed E-state index contributed by atoms with van der Waals surface area (Å²) in [6.07, 6.45) is 8.19. The smallest absolute Gasteiger partial charge is 0.355 e. The van der Waals surface area contributed by atoms with Gasteiger partial charge in [-0.2, -0.15) is 13.2 Å². The van der Waals surface area contributed by atoms with Gasteiger partial charge in [-0.3, -0.25) is 4.90 Å². The lowest BCUT2D eigenvalue weighted by Gasteiger charge is -2.31. The second-order valence-electron chi connectivity index (χ2n) is 11.0. The van der Waals surface area contributed by atoms with Crippen molar-refractivity contribution in [1.82, 2.24) is 9.80 Å². The maximum Gasteiger partial charge on any atom is 0.416 e. The fourth-order valence-electron chi connectivity index (χ4n) is 5.27. The molecule has 0 saturated carbocycles. The van der Waals surface area contributed by atoms with E-state index >= 15 is 0 Å². The van der Waals surface area contributed by atoms with Gasteiger partial charge in [-0.05, 0) is 66.7 Å². The molecule has 2 aromatic rings. The maximum absolute atomic E-state index is 14.6. The van der Waals surface area contributed by atoms with E-state index in [2.05, 4.69) is 46.7 Å². The SMILES string of the molecule is C=CC1=C(N=CN(C)C(C2=CC=CCC2)c2ccccc2)CCN(Cc2cc(C(C)(C)F)cc(C(F)(F)F)c2)C1. The summed E-state index contributed by atoms with van der Waals surface area (Å²) in [5.41, 5.74) is 2.13. The van der Waals surface area contributed by atoms with Crippen LogP contribution >= 0.6 is 0 Å². The molecule has 0 bridgehead atoms. The number of likely N-dealkylation sites (N-methyl/N-ethyl adjacent to an activating group) is 1.